The Morgan fingerprint density at radius 1 is 1.44 bits per heavy atom. The van der Waals surface area contributed by atoms with Crippen LogP contribution in [0.25, 0.3) is 0 Å². The van der Waals surface area contributed by atoms with E-state index in [0.717, 1.165) is 6.42 Å². The molecule has 0 saturated heterocycles. The van der Waals surface area contributed by atoms with Crippen molar-refractivity contribution in [3.05, 3.63) is 29.3 Å². The van der Waals surface area contributed by atoms with E-state index in [1.54, 1.807) is 0 Å². The molecule has 1 aliphatic rings. The van der Waals surface area contributed by atoms with Gasteiger partial charge in [-0.15, -0.1) is 11.8 Å². The summed E-state index contributed by atoms with van der Waals surface area (Å²) in [5, 5.41) is 8.76. The first-order valence-electron chi connectivity index (χ1n) is 6.51. The highest BCUT2D eigenvalue weighted by molar-refractivity contribution is 7.99. The minimum Gasteiger partial charge on any atom is -0.302 e. The summed E-state index contributed by atoms with van der Waals surface area (Å²) in [7, 11) is 4.19. The normalized spacial score (nSPS) is 16.1. The summed E-state index contributed by atoms with van der Waals surface area (Å²) in [5.74, 6) is 1.25. The van der Waals surface area contributed by atoms with Crippen molar-refractivity contribution in [3.8, 4) is 6.07 Å². The van der Waals surface area contributed by atoms with Crippen LogP contribution in [-0.2, 0) is 6.42 Å². The Hall–Kier alpha value is -0.980. The maximum atomic E-state index is 8.76. The smallest absolute Gasteiger partial charge is 0.0622 e. The molecule has 0 fully saturated rings. The Bertz CT molecular complexity index is 448. The van der Waals surface area contributed by atoms with Crippen LogP contribution in [0.2, 0.25) is 0 Å². The number of hydrogen-bond acceptors (Lipinski definition) is 3. The molecule has 1 aliphatic heterocycles. The minimum absolute atomic E-state index is 0.363. The van der Waals surface area contributed by atoms with E-state index >= 15 is 0 Å². The average molecular weight is 260 g/mol. The van der Waals surface area contributed by atoms with E-state index in [0.29, 0.717) is 12.5 Å². The fourth-order valence-corrected chi connectivity index (χ4v) is 3.53. The molecule has 3 heteroatoms. The molecule has 0 saturated carbocycles. The van der Waals surface area contributed by atoms with Crippen LogP contribution in [0.5, 0.6) is 0 Å². The van der Waals surface area contributed by atoms with Gasteiger partial charge in [-0.25, -0.2) is 0 Å². The van der Waals surface area contributed by atoms with Crippen LogP contribution in [0.1, 0.15) is 36.4 Å². The van der Waals surface area contributed by atoms with Gasteiger partial charge in [-0.05, 0) is 56.3 Å². The second kappa shape index (κ2) is 6.26. The van der Waals surface area contributed by atoms with Crippen molar-refractivity contribution in [2.45, 2.75) is 36.6 Å². The summed E-state index contributed by atoms with van der Waals surface area (Å²) in [6.07, 6.45) is 4.02. The number of fused-ring (bicyclic) bond motifs is 1. The molecule has 1 aromatic rings. The Balaban J connectivity index is 2.22. The lowest BCUT2D eigenvalue weighted by molar-refractivity contribution is 0.286. The van der Waals surface area contributed by atoms with E-state index in [1.807, 2.05) is 11.8 Å². The first-order chi connectivity index (χ1) is 8.72. The van der Waals surface area contributed by atoms with E-state index in [2.05, 4.69) is 43.3 Å². The monoisotopic (exact) mass is 260 g/mol. The molecule has 0 spiro atoms. The Morgan fingerprint density at radius 3 is 3.00 bits per heavy atom. The summed E-state index contributed by atoms with van der Waals surface area (Å²) in [4.78, 5) is 3.66. The van der Waals surface area contributed by atoms with Crippen LogP contribution in [0.4, 0.5) is 0 Å². The van der Waals surface area contributed by atoms with Gasteiger partial charge in [0.15, 0.2) is 0 Å². The van der Waals surface area contributed by atoms with Gasteiger partial charge in [-0.3, -0.25) is 0 Å². The van der Waals surface area contributed by atoms with Crippen LogP contribution in [-0.4, -0.2) is 24.7 Å². The van der Waals surface area contributed by atoms with Crippen LogP contribution in [0.3, 0.4) is 0 Å². The number of benzene rings is 1. The van der Waals surface area contributed by atoms with Crippen LogP contribution >= 0.6 is 11.8 Å². The second-order valence-corrected chi connectivity index (χ2v) is 6.13. The first-order valence-corrected chi connectivity index (χ1v) is 7.50. The van der Waals surface area contributed by atoms with Crippen molar-refractivity contribution in [3.63, 3.8) is 0 Å². The molecule has 0 aromatic heterocycles. The Labute approximate surface area is 114 Å². The average Bonchev–Trinajstić information content (AvgIpc) is 2.38. The molecule has 0 radical (unpaired) electrons. The number of hydrogen-bond donors (Lipinski definition) is 0. The lowest BCUT2D eigenvalue weighted by Gasteiger charge is -2.26. The summed E-state index contributed by atoms with van der Waals surface area (Å²) >= 11 is 1.97. The van der Waals surface area contributed by atoms with E-state index in [-0.39, 0.29) is 0 Å². The fraction of sp³-hybridized carbons (Fsp3) is 0.533. The topological polar surface area (TPSA) is 27.0 Å². The van der Waals surface area contributed by atoms with Crippen molar-refractivity contribution in [1.29, 1.82) is 5.26 Å². The van der Waals surface area contributed by atoms with Crippen LogP contribution in [0.15, 0.2) is 23.1 Å². The lowest BCUT2D eigenvalue weighted by Crippen LogP contribution is -2.20. The zero-order valence-electron chi connectivity index (χ0n) is 11.1. The number of nitriles is 1. The molecule has 0 amide bonds. The minimum atomic E-state index is 0.363. The summed E-state index contributed by atoms with van der Waals surface area (Å²) < 4.78 is 0. The first kappa shape index (κ1) is 13.5. The van der Waals surface area contributed by atoms with E-state index in [1.165, 1.54) is 34.6 Å². The van der Waals surface area contributed by atoms with E-state index < -0.39 is 0 Å². The third kappa shape index (κ3) is 3.07. The predicted molar refractivity (Wildman–Crippen MR) is 76.8 cm³/mol. The molecular formula is C15H20N2S. The van der Waals surface area contributed by atoms with Gasteiger partial charge in [0.2, 0.25) is 0 Å². The molecular weight excluding hydrogens is 240 g/mol. The van der Waals surface area contributed by atoms with E-state index in [9.17, 15) is 0 Å². The number of rotatable bonds is 4. The van der Waals surface area contributed by atoms with Crippen molar-refractivity contribution in [2.75, 3.05) is 19.8 Å². The largest absolute Gasteiger partial charge is 0.302 e. The highest BCUT2D eigenvalue weighted by atomic mass is 32.2. The summed E-state index contributed by atoms with van der Waals surface area (Å²) in [5.41, 5.74) is 2.85. The van der Waals surface area contributed by atoms with Crippen molar-refractivity contribution >= 4 is 11.8 Å². The highest BCUT2D eigenvalue weighted by Gasteiger charge is 2.17. The van der Waals surface area contributed by atoms with Gasteiger partial charge in [-0.1, -0.05) is 12.1 Å². The number of aryl methyl sites for hydroxylation is 1. The molecule has 1 heterocycles. The van der Waals surface area contributed by atoms with Gasteiger partial charge in [-0.2, -0.15) is 5.26 Å². The van der Waals surface area contributed by atoms with Gasteiger partial charge >= 0.3 is 0 Å². The van der Waals surface area contributed by atoms with Gasteiger partial charge in [0.05, 0.1) is 6.07 Å². The zero-order chi connectivity index (χ0) is 13.0. The molecule has 2 nitrogen and oxygen atoms in total. The van der Waals surface area contributed by atoms with Gasteiger partial charge < -0.3 is 4.90 Å². The Morgan fingerprint density at radius 2 is 2.28 bits per heavy atom. The van der Waals surface area contributed by atoms with E-state index in [4.69, 9.17) is 5.26 Å². The lowest BCUT2D eigenvalue weighted by atomic mass is 9.97. The maximum Gasteiger partial charge on any atom is 0.0622 e. The molecule has 18 heavy (non-hydrogen) atoms. The SMILES string of the molecule is CN(C)C(CCC#N)c1ccc2c(c1)CCCS2. The molecule has 1 unspecified atom stereocenters. The maximum absolute atomic E-state index is 8.76. The molecule has 0 bridgehead atoms. The fourth-order valence-electron chi connectivity index (χ4n) is 2.51. The predicted octanol–water partition coefficient (Wildman–Crippen LogP) is 3.63. The zero-order valence-corrected chi connectivity index (χ0v) is 12.0. The molecule has 1 atom stereocenters. The third-order valence-electron chi connectivity index (χ3n) is 3.47. The van der Waals surface area contributed by atoms with Gasteiger partial charge in [0.25, 0.3) is 0 Å². The standard InChI is InChI=1S/C15H20N2S/c1-17(2)14(6-3-9-16)12-7-8-15-13(11-12)5-4-10-18-15/h7-8,11,14H,3-6,10H2,1-2H3. The number of nitrogens with zero attached hydrogens (tertiary/aromatic N) is 2. The number of thioether (sulfide) groups is 1. The van der Waals surface area contributed by atoms with Crippen molar-refractivity contribution in [2.24, 2.45) is 0 Å². The van der Waals surface area contributed by atoms with Gasteiger partial charge in [0.1, 0.15) is 0 Å². The molecule has 96 valence electrons. The second-order valence-electron chi connectivity index (χ2n) is 5.00. The van der Waals surface area contributed by atoms with Crippen LogP contribution in [0, 0.1) is 11.3 Å². The van der Waals surface area contributed by atoms with Gasteiger partial charge in [0, 0.05) is 17.4 Å². The summed E-state index contributed by atoms with van der Waals surface area (Å²) in [6, 6.07) is 9.46. The highest BCUT2D eigenvalue weighted by Crippen LogP contribution is 2.33. The quantitative estimate of drug-likeness (QED) is 0.827. The molecule has 0 N–H and O–H groups in total. The van der Waals surface area contributed by atoms with Crippen LogP contribution < -0.4 is 0 Å². The van der Waals surface area contributed by atoms with Crippen molar-refractivity contribution < 1.29 is 0 Å². The molecule has 1 aromatic carbocycles. The molecule has 2 rings (SSSR count). The summed E-state index contributed by atoms with van der Waals surface area (Å²) in [6.45, 7) is 0. The molecule has 0 aliphatic carbocycles. The third-order valence-corrected chi connectivity index (χ3v) is 4.67. The van der Waals surface area contributed by atoms with Crippen molar-refractivity contribution in [1.82, 2.24) is 4.90 Å². The Kier molecular flexibility index (Phi) is 4.68.